The molecule has 0 fully saturated rings. The van der Waals surface area contributed by atoms with Gasteiger partial charge in [0.2, 0.25) is 0 Å². The molecule has 0 saturated heterocycles. The molecule has 0 aliphatic rings. The van der Waals surface area contributed by atoms with Crippen LogP contribution in [0.1, 0.15) is 0 Å². The third-order valence-corrected chi connectivity index (χ3v) is 8.93. The molecule has 1 heterocycles. The van der Waals surface area contributed by atoms with Crippen molar-refractivity contribution in [3.63, 3.8) is 0 Å². The number of hydrogen-bond acceptors (Lipinski definition) is 3. The van der Waals surface area contributed by atoms with E-state index in [-0.39, 0.29) is 0 Å². The van der Waals surface area contributed by atoms with Crippen molar-refractivity contribution in [1.29, 1.82) is 0 Å². The minimum absolute atomic E-state index is 1.12. The van der Waals surface area contributed by atoms with E-state index in [1.54, 1.807) is 0 Å². The summed E-state index contributed by atoms with van der Waals surface area (Å²) < 4.78 is 0. The predicted molar refractivity (Wildman–Crippen MR) is 189 cm³/mol. The fourth-order valence-electron chi connectivity index (χ4n) is 5.26. The van der Waals surface area contributed by atoms with Gasteiger partial charge in [0.1, 0.15) is 0 Å². The fraction of sp³-hybridized carbons (Fsp3) is 0.103. The molecule has 6 rings (SSSR count). The summed E-state index contributed by atoms with van der Waals surface area (Å²) in [6.45, 7) is 0. The summed E-state index contributed by atoms with van der Waals surface area (Å²) in [4.78, 5) is 6.58. The van der Waals surface area contributed by atoms with Gasteiger partial charge in [-0.1, -0.05) is 81.0 Å². The average molecular weight is 578 g/mol. The first-order valence-electron chi connectivity index (χ1n) is 14.5. The Morgan fingerprint density at radius 2 is 0.698 bits per heavy atom. The van der Waals surface area contributed by atoms with E-state index in [9.17, 15) is 0 Å². The first kappa shape index (κ1) is 28.3. The summed E-state index contributed by atoms with van der Waals surface area (Å²) in [6, 6.07) is 52.6. The summed E-state index contributed by atoms with van der Waals surface area (Å²) in [5, 5.41) is 2.62. The summed E-state index contributed by atoms with van der Waals surface area (Å²) in [7, 11) is 9.51. The van der Waals surface area contributed by atoms with E-state index < -0.39 is 0 Å². The maximum absolute atomic E-state index is 2.34. The Hall–Kier alpha value is -4.85. The van der Waals surface area contributed by atoms with Crippen molar-refractivity contribution in [2.24, 2.45) is 0 Å². The molecular formula is C39H36N3P. The van der Waals surface area contributed by atoms with Gasteiger partial charge in [-0.25, -0.2) is 0 Å². The van der Waals surface area contributed by atoms with Gasteiger partial charge in [-0.2, -0.15) is 0 Å². The highest BCUT2D eigenvalue weighted by Crippen LogP contribution is 2.42. The van der Waals surface area contributed by atoms with Crippen LogP contribution in [0.4, 0.5) is 28.4 Å². The third kappa shape index (κ3) is 6.33. The van der Waals surface area contributed by atoms with E-state index in [0.717, 1.165) is 17.1 Å². The quantitative estimate of drug-likeness (QED) is 0.178. The Labute approximate surface area is 257 Å². The minimum Gasteiger partial charge on any atom is -0.378 e. The van der Waals surface area contributed by atoms with Crippen molar-refractivity contribution < 1.29 is 0 Å². The van der Waals surface area contributed by atoms with Crippen molar-refractivity contribution in [3.8, 4) is 32.8 Å². The number of nitrogens with zero attached hydrogens (tertiary/aromatic N) is 3. The number of rotatable bonds is 8. The fourth-order valence-corrected chi connectivity index (χ4v) is 6.48. The second kappa shape index (κ2) is 12.6. The lowest BCUT2D eigenvalue weighted by Gasteiger charge is -2.27. The molecular weight excluding hydrogens is 541 g/mol. The van der Waals surface area contributed by atoms with Gasteiger partial charge in [0, 0.05) is 67.2 Å². The van der Waals surface area contributed by atoms with E-state index in [0.29, 0.717) is 0 Å². The van der Waals surface area contributed by atoms with Gasteiger partial charge >= 0.3 is 0 Å². The van der Waals surface area contributed by atoms with Crippen molar-refractivity contribution in [2.75, 3.05) is 42.9 Å². The molecule has 6 aromatic rings. The van der Waals surface area contributed by atoms with Crippen molar-refractivity contribution in [1.82, 2.24) is 0 Å². The summed E-state index contributed by atoms with van der Waals surface area (Å²) >= 11 is 0. The van der Waals surface area contributed by atoms with E-state index in [4.69, 9.17) is 0 Å². The summed E-state index contributed by atoms with van der Waals surface area (Å²) in [5.74, 6) is 0. The van der Waals surface area contributed by atoms with Gasteiger partial charge in [-0.3, -0.25) is 0 Å². The first-order valence-corrected chi connectivity index (χ1v) is 15.4. The lowest BCUT2D eigenvalue weighted by Crippen LogP contribution is -2.12. The molecule has 43 heavy (non-hydrogen) atoms. The molecule has 0 atom stereocenters. The number of benzene rings is 5. The molecule has 5 aromatic carbocycles. The van der Waals surface area contributed by atoms with Gasteiger partial charge < -0.3 is 14.7 Å². The molecule has 0 saturated carbocycles. The zero-order valence-corrected chi connectivity index (χ0v) is 26.0. The molecule has 4 heteroatoms. The second-order valence-corrected chi connectivity index (χ2v) is 12.2. The molecule has 0 unspecified atom stereocenters. The van der Waals surface area contributed by atoms with Crippen LogP contribution in [0.25, 0.3) is 32.8 Å². The van der Waals surface area contributed by atoms with Crippen LogP contribution in [0.5, 0.6) is 0 Å². The topological polar surface area (TPSA) is 9.72 Å². The van der Waals surface area contributed by atoms with Crippen LogP contribution < -0.4 is 14.7 Å². The molecule has 0 aliphatic carbocycles. The monoisotopic (exact) mass is 577 g/mol. The molecule has 1 aromatic heterocycles. The molecule has 0 aliphatic heterocycles. The molecule has 0 amide bonds. The highest BCUT2D eigenvalue weighted by Gasteiger charge is 2.14. The van der Waals surface area contributed by atoms with E-state index in [2.05, 4.69) is 188 Å². The zero-order valence-electron chi connectivity index (χ0n) is 25.1. The number of hydrogen-bond donors (Lipinski definition) is 0. The summed E-state index contributed by atoms with van der Waals surface area (Å²) in [5.41, 5.74) is 10.7. The van der Waals surface area contributed by atoms with Crippen LogP contribution in [0.3, 0.4) is 0 Å². The second-order valence-electron chi connectivity index (χ2n) is 11.1. The van der Waals surface area contributed by atoms with Crippen LogP contribution in [0.15, 0.2) is 146 Å². The molecule has 0 spiro atoms. The van der Waals surface area contributed by atoms with E-state index in [1.807, 2.05) is 0 Å². The maximum atomic E-state index is 2.34. The van der Waals surface area contributed by atoms with E-state index in [1.165, 1.54) is 52.4 Å². The normalized spacial score (nSPS) is 10.8. The highest BCUT2D eigenvalue weighted by atomic mass is 31.0. The van der Waals surface area contributed by atoms with Gasteiger partial charge in [0.15, 0.2) is 0 Å². The van der Waals surface area contributed by atoms with Crippen LogP contribution in [0.2, 0.25) is 0 Å². The molecule has 0 bridgehead atoms. The van der Waals surface area contributed by atoms with Crippen molar-refractivity contribution in [3.05, 3.63) is 146 Å². The van der Waals surface area contributed by atoms with Crippen molar-refractivity contribution in [2.45, 2.75) is 0 Å². The Balaban J connectivity index is 1.41. The first-order chi connectivity index (χ1) is 21.0. The van der Waals surface area contributed by atoms with Gasteiger partial charge in [-0.15, -0.1) is 0 Å². The average Bonchev–Trinajstić information content (AvgIpc) is 3.06. The molecule has 0 N–H and O–H groups in total. The molecule has 212 valence electrons. The predicted octanol–water partition coefficient (Wildman–Crippen LogP) is 10.9. The lowest BCUT2D eigenvalue weighted by molar-refractivity contribution is 1.13. The standard InChI is InChI=1S/C39H36N3P/c1-40(2)33-19-23-36(24-20-33)42(37-25-21-34(22-26-37)41(3)4)35-17-15-29(16-18-35)32-27-38(30-11-7-5-8-12-30)43-39(28-32)31-13-9-6-10-14-31/h5-28H,1-4H3. The molecule has 3 nitrogen and oxygen atoms in total. The molecule has 0 radical (unpaired) electrons. The Morgan fingerprint density at radius 1 is 0.349 bits per heavy atom. The van der Waals surface area contributed by atoms with E-state index >= 15 is 0 Å². The minimum atomic E-state index is 1.12. The number of anilines is 5. The summed E-state index contributed by atoms with van der Waals surface area (Å²) in [6.07, 6.45) is 0. The maximum Gasteiger partial charge on any atom is 0.0463 e. The van der Waals surface area contributed by atoms with Crippen LogP contribution in [0, 0.1) is 0 Å². The SMILES string of the molecule is CN(C)c1ccc(N(c2ccc(-c3cc(-c4ccccc4)pc(-c4ccccc4)c3)cc2)c2ccc(N(C)C)cc2)cc1. The van der Waals surface area contributed by atoms with Crippen LogP contribution >= 0.6 is 8.19 Å². The van der Waals surface area contributed by atoms with Crippen LogP contribution in [-0.2, 0) is 0 Å². The zero-order chi connectivity index (χ0) is 29.8. The van der Waals surface area contributed by atoms with Gasteiger partial charge in [-0.05, 0) is 95.1 Å². The third-order valence-electron chi connectivity index (χ3n) is 7.67. The van der Waals surface area contributed by atoms with Crippen molar-refractivity contribution >= 4 is 36.6 Å². The smallest absolute Gasteiger partial charge is 0.0463 e. The Kier molecular flexibility index (Phi) is 8.27. The lowest BCUT2D eigenvalue weighted by atomic mass is 10.0. The highest BCUT2D eigenvalue weighted by molar-refractivity contribution is 7.37. The van der Waals surface area contributed by atoms with Gasteiger partial charge in [0.25, 0.3) is 0 Å². The largest absolute Gasteiger partial charge is 0.378 e. The van der Waals surface area contributed by atoms with Gasteiger partial charge in [0.05, 0.1) is 0 Å². The Bertz CT molecular complexity index is 1670. The van der Waals surface area contributed by atoms with Crippen LogP contribution in [-0.4, -0.2) is 28.2 Å². The Morgan fingerprint density at radius 3 is 1.07 bits per heavy atom.